The summed E-state index contributed by atoms with van der Waals surface area (Å²) in [6.07, 6.45) is 2.36. The molecule has 1 atom stereocenters. The minimum absolute atomic E-state index is 0.0496. The Morgan fingerprint density at radius 3 is 2.82 bits per heavy atom. The molecule has 0 radical (unpaired) electrons. The van der Waals surface area contributed by atoms with Crippen molar-refractivity contribution in [2.24, 2.45) is 0 Å². The average Bonchev–Trinajstić information content (AvgIpc) is 3.24. The SMILES string of the molecule is CCN1CCC[C@@H]1CN(Cc1cc2ccc(C)cc2[nH]c1=O)C(=S)Nc1cccc(C)c1C. The van der Waals surface area contributed by atoms with Crippen molar-refractivity contribution in [3.05, 3.63) is 75.1 Å². The minimum atomic E-state index is -0.0496. The third-order valence-electron chi connectivity index (χ3n) is 6.91. The van der Waals surface area contributed by atoms with Gasteiger partial charge in [-0.25, -0.2) is 0 Å². The lowest BCUT2D eigenvalue weighted by atomic mass is 10.1. The van der Waals surface area contributed by atoms with Crippen LogP contribution in [0.2, 0.25) is 0 Å². The van der Waals surface area contributed by atoms with E-state index in [0.29, 0.717) is 17.7 Å². The van der Waals surface area contributed by atoms with Crippen LogP contribution in [0.1, 0.15) is 42.0 Å². The van der Waals surface area contributed by atoms with Crippen molar-refractivity contribution in [1.29, 1.82) is 0 Å². The number of aromatic nitrogens is 1. The summed E-state index contributed by atoms with van der Waals surface area (Å²) >= 11 is 5.91. The molecule has 1 saturated heterocycles. The number of H-pyrrole nitrogens is 1. The van der Waals surface area contributed by atoms with Crippen LogP contribution in [-0.2, 0) is 6.54 Å². The Morgan fingerprint density at radius 1 is 1.21 bits per heavy atom. The van der Waals surface area contributed by atoms with Crippen molar-refractivity contribution in [3.8, 4) is 0 Å². The molecule has 0 unspecified atom stereocenters. The summed E-state index contributed by atoms with van der Waals surface area (Å²) in [5.74, 6) is 0. The standard InChI is InChI=1S/C27H34N4OS/c1-5-30-13-7-9-23(30)17-31(27(33)29-24-10-6-8-19(3)20(24)4)16-22-15-21-12-11-18(2)14-25(21)28-26(22)32/h6,8,10-12,14-15,23H,5,7,9,13,16-17H2,1-4H3,(H,28,32)(H,29,33)/t23-/m1/s1. The molecule has 5 nitrogen and oxygen atoms in total. The Kier molecular flexibility index (Phi) is 7.15. The molecule has 2 N–H and O–H groups in total. The Hall–Kier alpha value is -2.70. The monoisotopic (exact) mass is 462 g/mol. The molecule has 2 heterocycles. The number of likely N-dealkylation sites (N-methyl/N-ethyl adjacent to an activating group) is 1. The zero-order chi connectivity index (χ0) is 23.5. The minimum Gasteiger partial charge on any atom is -0.343 e. The van der Waals surface area contributed by atoms with Crippen molar-refractivity contribution in [2.45, 2.75) is 53.1 Å². The quantitative estimate of drug-likeness (QED) is 0.497. The van der Waals surface area contributed by atoms with Crippen LogP contribution < -0.4 is 10.9 Å². The number of anilines is 1. The maximum atomic E-state index is 13.0. The molecular formula is C27H34N4OS. The molecule has 1 aliphatic rings. The van der Waals surface area contributed by atoms with Gasteiger partial charge in [-0.15, -0.1) is 0 Å². The van der Waals surface area contributed by atoms with Gasteiger partial charge in [-0.3, -0.25) is 9.69 Å². The molecule has 0 saturated carbocycles. The second-order valence-electron chi connectivity index (χ2n) is 9.20. The summed E-state index contributed by atoms with van der Waals surface area (Å²) in [5, 5.41) is 5.17. The molecule has 1 aromatic heterocycles. The van der Waals surface area contributed by atoms with Gasteiger partial charge in [0, 0.05) is 29.4 Å². The first-order valence-corrected chi connectivity index (χ1v) is 12.2. The van der Waals surface area contributed by atoms with Gasteiger partial charge in [-0.05, 0) is 99.2 Å². The van der Waals surface area contributed by atoms with Crippen LogP contribution in [-0.4, -0.2) is 45.6 Å². The molecule has 1 fully saturated rings. The van der Waals surface area contributed by atoms with Crippen LogP contribution in [0.15, 0.2) is 47.3 Å². The summed E-state index contributed by atoms with van der Waals surface area (Å²) in [6, 6.07) is 14.8. The maximum absolute atomic E-state index is 13.0. The van der Waals surface area contributed by atoms with E-state index in [9.17, 15) is 4.79 Å². The fourth-order valence-electron chi connectivity index (χ4n) is 4.76. The first kappa shape index (κ1) is 23.5. The summed E-state index contributed by atoms with van der Waals surface area (Å²) in [6.45, 7) is 11.9. The number of aryl methyl sites for hydroxylation is 2. The number of nitrogens with zero attached hydrogens (tertiary/aromatic N) is 2. The van der Waals surface area contributed by atoms with Gasteiger partial charge in [0.2, 0.25) is 0 Å². The molecule has 33 heavy (non-hydrogen) atoms. The normalized spacial score (nSPS) is 16.3. The van der Waals surface area contributed by atoms with Crippen molar-refractivity contribution in [1.82, 2.24) is 14.8 Å². The first-order valence-electron chi connectivity index (χ1n) is 11.8. The molecule has 0 bridgehead atoms. The summed E-state index contributed by atoms with van der Waals surface area (Å²) < 4.78 is 0. The van der Waals surface area contributed by atoms with Crippen molar-refractivity contribution >= 4 is 33.9 Å². The van der Waals surface area contributed by atoms with Crippen LogP contribution in [0.25, 0.3) is 10.9 Å². The predicted molar refractivity (Wildman–Crippen MR) is 142 cm³/mol. The fraction of sp³-hybridized carbons (Fsp3) is 0.407. The molecule has 2 aromatic carbocycles. The smallest absolute Gasteiger partial charge is 0.253 e. The van der Waals surface area contributed by atoms with Crippen molar-refractivity contribution in [3.63, 3.8) is 0 Å². The molecule has 174 valence electrons. The molecule has 4 rings (SSSR count). The summed E-state index contributed by atoms with van der Waals surface area (Å²) in [7, 11) is 0. The number of aromatic amines is 1. The molecule has 6 heteroatoms. The highest BCUT2D eigenvalue weighted by Gasteiger charge is 2.27. The van der Waals surface area contributed by atoms with Gasteiger partial charge in [0.05, 0.1) is 6.54 Å². The van der Waals surface area contributed by atoms with E-state index in [1.807, 2.05) is 25.1 Å². The lowest BCUT2D eigenvalue weighted by Gasteiger charge is -2.32. The topological polar surface area (TPSA) is 51.4 Å². The van der Waals surface area contributed by atoms with Gasteiger partial charge in [-0.1, -0.05) is 31.2 Å². The number of hydrogen-bond acceptors (Lipinski definition) is 3. The van der Waals surface area contributed by atoms with E-state index in [0.717, 1.165) is 53.8 Å². The van der Waals surface area contributed by atoms with Crippen LogP contribution in [0, 0.1) is 20.8 Å². The molecular weight excluding hydrogens is 428 g/mol. The maximum Gasteiger partial charge on any atom is 0.253 e. The lowest BCUT2D eigenvalue weighted by Crippen LogP contribution is -2.45. The zero-order valence-corrected chi connectivity index (χ0v) is 20.9. The predicted octanol–water partition coefficient (Wildman–Crippen LogP) is 5.14. The Labute approximate surface area is 201 Å². The largest absolute Gasteiger partial charge is 0.343 e. The number of pyridine rings is 1. The first-order chi connectivity index (χ1) is 15.9. The summed E-state index contributed by atoms with van der Waals surface area (Å²) in [4.78, 5) is 20.7. The number of hydrogen-bond donors (Lipinski definition) is 2. The Balaban J connectivity index is 1.63. The number of benzene rings is 2. The van der Waals surface area contributed by atoms with Gasteiger partial charge < -0.3 is 15.2 Å². The highest BCUT2D eigenvalue weighted by molar-refractivity contribution is 7.80. The number of likely N-dealkylation sites (tertiary alicyclic amines) is 1. The Morgan fingerprint density at radius 2 is 2.03 bits per heavy atom. The van der Waals surface area contributed by atoms with Crippen molar-refractivity contribution in [2.75, 3.05) is 25.0 Å². The van der Waals surface area contributed by atoms with Crippen LogP contribution in [0.4, 0.5) is 5.69 Å². The lowest BCUT2D eigenvalue weighted by molar-refractivity contribution is 0.221. The highest BCUT2D eigenvalue weighted by atomic mass is 32.1. The third kappa shape index (κ3) is 5.28. The van der Waals surface area contributed by atoms with Gasteiger partial charge in [0.25, 0.3) is 5.56 Å². The molecule has 1 aliphatic heterocycles. The van der Waals surface area contributed by atoms with E-state index in [1.54, 1.807) is 0 Å². The number of nitrogens with one attached hydrogen (secondary N) is 2. The average molecular weight is 463 g/mol. The Bertz CT molecular complexity index is 1220. The fourth-order valence-corrected chi connectivity index (χ4v) is 5.00. The highest BCUT2D eigenvalue weighted by Crippen LogP contribution is 2.22. The van der Waals surface area contributed by atoms with Gasteiger partial charge in [-0.2, -0.15) is 0 Å². The van der Waals surface area contributed by atoms with E-state index in [1.165, 1.54) is 17.5 Å². The van der Waals surface area contributed by atoms with E-state index in [-0.39, 0.29) is 5.56 Å². The van der Waals surface area contributed by atoms with Gasteiger partial charge in [0.1, 0.15) is 0 Å². The van der Waals surface area contributed by atoms with E-state index < -0.39 is 0 Å². The molecule has 0 spiro atoms. The molecule has 0 aliphatic carbocycles. The molecule has 3 aromatic rings. The van der Waals surface area contributed by atoms with E-state index in [2.05, 4.69) is 65.1 Å². The van der Waals surface area contributed by atoms with Crippen LogP contribution in [0.3, 0.4) is 0 Å². The molecule has 0 amide bonds. The van der Waals surface area contributed by atoms with Crippen LogP contribution >= 0.6 is 12.2 Å². The zero-order valence-electron chi connectivity index (χ0n) is 20.1. The second kappa shape index (κ2) is 10.1. The van der Waals surface area contributed by atoms with E-state index in [4.69, 9.17) is 12.2 Å². The summed E-state index contributed by atoms with van der Waals surface area (Å²) in [5.41, 5.74) is 6.13. The van der Waals surface area contributed by atoms with E-state index >= 15 is 0 Å². The van der Waals surface area contributed by atoms with Gasteiger partial charge >= 0.3 is 0 Å². The number of thiocarbonyl (C=S) groups is 1. The van der Waals surface area contributed by atoms with Crippen molar-refractivity contribution < 1.29 is 0 Å². The van der Waals surface area contributed by atoms with Gasteiger partial charge in [0.15, 0.2) is 5.11 Å². The second-order valence-corrected chi connectivity index (χ2v) is 9.58. The number of fused-ring (bicyclic) bond motifs is 1. The van der Waals surface area contributed by atoms with Crippen LogP contribution in [0.5, 0.6) is 0 Å². The number of rotatable bonds is 6. The third-order valence-corrected chi connectivity index (χ3v) is 7.27.